The molecule has 0 N–H and O–H groups in total. The van der Waals surface area contributed by atoms with E-state index < -0.39 is 195 Å². The summed E-state index contributed by atoms with van der Waals surface area (Å²) in [6.45, 7) is 0. The van der Waals surface area contributed by atoms with E-state index in [1.165, 1.54) is 0 Å². The van der Waals surface area contributed by atoms with E-state index in [2.05, 4.69) is 0 Å². The van der Waals surface area contributed by atoms with Gasteiger partial charge in [-0.3, -0.25) is 0 Å². The summed E-state index contributed by atoms with van der Waals surface area (Å²) < 4.78 is 341. The molecule has 0 bridgehead atoms. The molecule has 0 heterocycles. The van der Waals surface area contributed by atoms with Crippen LogP contribution in [0.25, 0.3) is 0 Å². The summed E-state index contributed by atoms with van der Waals surface area (Å²) in [5.41, 5.74) is -30.2. The van der Waals surface area contributed by atoms with Gasteiger partial charge in [0.2, 0.25) is 0 Å². The molecule has 58 heavy (non-hydrogen) atoms. The topological polar surface area (TPSA) is 0 Å². The van der Waals surface area contributed by atoms with E-state index in [1.54, 1.807) is 0 Å². The molecule has 4 aromatic rings. The van der Waals surface area contributed by atoms with Crippen LogP contribution in [0.1, 0.15) is 45.9 Å². The van der Waals surface area contributed by atoms with Crippen molar-refractivity contribution in [2.24, 2.45) is 0 Å². The first-order valence-electron chi connectivity index (χ1n) is 14.6. The van der Waals surface area contributed by atoms with E-state index in [0.29, 0.717) is 0 Å². The molecule has 0 radical (unpaired) electrons. The van der Waals surface area contributed by atoms with E-state index in [-0.39, 0.29) is 31.0 Å². The van der Waals surface area contributed by atoms with Crippen LogP contribution in [0.15, 0.2) is 72.8 Å². The summed E-state index contributed by atoms with van der Waals surface area (Å²) in [6.07, 6.45) is -54.8. The Morgan fingerprint density at radius 3 is 0.414 bits per heavy atom. The Hall–Kier alpha value is -3.74. The molecule has 0 aliphatic carbocycles. The van der Waals surface area contributed by atoms with Crippen molar-refractivity contribution in [3.63, 3.8) is 0 Å². The van der Waals surface area contributed by atoms with Crippen LogP contribution in [0.5, 0.6) is 0 Å². The van der Waals surface area contributed by atoms with Gasteiger partial charge in [0.25, 0.3) is 0 Å². The normalized spacial score (nSPS) is 14.1. The first kappa shape index (κ1) is 48.6. The van der Waals surface area contributed by atoms with Gasteiger partial charge in [0.05, 0.1) is 44.5 Å². The van der Waals surface area contributed by atoms with Crippen molar-refractivity contribution in [3.05, 3.63) is 117 Å². The third-order valence-corrected chi connectivity index (χ3v) is 8.44. The van der Waals surface area contributed by atoms with E-state index in [4.69, 9.17) is 0 Å². The largest absolute Gasteiger partial charge is 1.00 e. The van der Waals surface area contributed by atoms with Gasteiger partial charge in [-0.1, -0.05) is 48.5 Å². The summed E-state index contributed by atoms with van der Waals surface area (Å²) in [4.78, 5) is 0. The second kappa shape index (κ2) is 15.1. The molecule has 0 fully saturated rings. The Labute approximate surface area is 330 Å². The molecule has 0 aliphatic heterocycles. The zero-order chi connectivity index (χ0) is 43.9. The Bertz CT molecular complexity index is 1710. The summed E-state index contributed by atoms with van der Waals surface area (Å²) in [5, 5.41) is 0. The Morgan fingerprint density at radius 2 is 0.328 bits per heavy atom. The van der Waals surface area contributed by atoms with Gasteiger partial charge < -0.3 is 1.43 Å². The average Bonchev–Trinajstić information content (AvgIpc) is 3.01. The number of halogens is 24. The minimum absolute atomic E-state index is 0. The van der Waals surface area contributed by atoms with Crippen LogP contribution in [0, 0.1) is 0 Å². The standard InChI is InChI=1S/C32H12BF24.Na.H/c34-25(35,36)13-1-14(26(37,38)39)6-21(5-13)33(22-7-15(27(40,41)42)2-16(8-22)28(43,44)45,23-9-17(29(46,47)48)3-18(10-23)30(49,50)51)24-11-19(31(52,53)54)4-20(12-24)32(55,56)57;;/h1-12H;;/q-1;+1;-1. The SMILES string of the molecule is FC(F)(F)c1cc([B-](c2cc(C(F)(F)F)cc(C(F)(F)F)c2)(c2cc(C(F)(F)F)cc(C(F)(F)F)c2)c2cc(C(F)(F)F)cc(C(F)(F)F)c2)cc(C(F)(F)F)c1.[H-].[Na+]. The van der Waals surface area contributed by atoms with Gasteiger partial charge in [0.15, 0.2) is 0 Å². The predicted molar refractivity (Wildman–Crippen MR) is 151 cm³/mol. The zero-order valence-corrected chi connectivity index (χ0v) is 29.6. The van der Waals surface area contributed by atoms with E-state index >= 15 is 0 Å². The molecule has 0 unspecified atom stereocenters. The quantitative estimate of drug-likeness (QED) is 0.143. The molecule has 4 rings (SSSR count). The van der Waals surface area contributed by atoms with Crippen molar-refractivity contribution >= 4 is 28.0 Å². The first-order valence-corrected chi connectivity index (χ1v) is 14.6. The fraction of sp³-hybridized carbons (Fsp3) is 0.250. The van der Waals surface area contributed by atoms with Crippen LogP contribution in [0.2, 0.25) is 0 Å². The Balaban J connectivity index is 0.00000600. The molecular weight excluding hydrogens is 874 g/mol. The van der Waals surface area contributed by atoms with Crippen molar-refractivity contribution < 1.29 is 136 Å². The monoisotopic (exact) mass is 887 g/mol. The molecule has 314 valence electrons. The molecule has 0 atom stereocenters. The molecule has 0 saturated carbocycles. The van der Waals surface area contributed by atoms with Gasteiger partial charge in [0, 0.05) is 0 Å². The zero-order valence-electron chi connectivity index (χ0n) is 28.6. The van der Waals surface area contributed by atoms with Crippen molar-refractivity contribution in [3.8, 4) is 0 Å². The van der Waals surface area contributed by atoms with E-state index in [1.807, 2.05) is 0 Å². The van der Waals surface area contributed by atoms with Gasteiger partial charge in [0.1, 0.15) is 6.15 Å². The van der Waals surface area contributed by atoms with Crippen molar-refractivity contribution in [2.75, 3.05) is 0 Å². The molecule has 0 amide bonds. The van der Waals surface area contributed by atoms with Gasteiger partial charge in [-0.2, -0.15) is 127 Å². The fourth-order valence-corrected chi connectivity index (χ4v) is 6.07. The van der Waals surface area contributed by atoms with Gasteiger partial charge in [-0.05, 0) is 24.3 Å². The van der Waals surface area contributed by atoms with Gasteiger partial charge in [-0.25, -0.2) is 0 Å². The summed E-state index contributed by atoms with van der Waals surface area (Å²) >= 11 is 0. The summed E-state index contributed by atoms with van der Waals surface area (Å²) in [7, 11) is 0. The third-order valence-electron chi connectivity index (χ3n) is 8.44. The molecule has 0 aromatic heterocycles. The second-order valence-electron chi connectivity index (χ2n) is 12.2. The molecular formula is C32H13BF24Na-. The van der Waals surface area contributed by atoms with Gasteiger partial charge in [-0.15, -0.1) is 0 Å². The maximum atomic E-state index is 14.2. The third kappa shape index (κ3) is 10.2. The van der Waals surface area contributed by atoms with Crippen molar-refractivity contribution in [2.45, 2.75) is 49.4 Å². The van der Waals surface area contributed by atoms with Crippen LogP contribution in [0.3, 0.4) is 0 Å². The minimum Gasteiger partial charge on any atom is -1.00 e. The van der Waals surface area contributed by atoms with Crippen LogP contribution >= 0.6 is 0 Å². The van der Waals surface area contributed by atoms with Crippen LogP contribution in [-0.2, 0) is 49.4 Å². The molecule has 26 heteroatoms. The molecule has 4 aromatic carbocycles. The number of hydrogen-bond acceptors (Lipinski definition) is 0. The number of alkyl halides is 24. The fourth-order valence-electron chi connectivity index (χ4n) is 6.07. The van der Waals surface area contributed by atoms with Gasteiger partial charge >= 0.3 is 79.0 Å². The first-order chi connectivity index (χ1) is 25.3. The van der Waals surface area contributed by atoms with Crippen LogP contribution < -0.4 is 51.4 Å². The number of rotatable bonds is 4. The Kier molecular flexibility index (Phi) is 12.6. The molecule has 0 spiro atoms. The molecule has 0 nitrogen and oxygen atoms in total. The minimum atomic E-state index is -6.13. The summed E-state index contributed by atoms with van der Waals surface area (Å²) in [6, 6.07) is -8.81. The maximum Gasteiger partial charge on any atom is 1.00 e. The predicted octanol–water partition coefficient (Wildman–Crippen LogP) is 8.33. The summed E-state index contributed by atoms with van der Waals surface area (Å²) in [5.74, 6) is 0. The van der Waals surface area contributed by atoms with Crippen LogP contribution in [-0.4, -0.2) is 6.15 Å². The maximum absolute atomic E-state index is 14.2. The smallest absolute Gasteiger partial charge is 1.00 e. The molecule has 0 aliphatic rings. The Morgan fingerprint density at radius 1 is 0.224 bits per heavy atom. The molecule has 0 saturated heterocycles. The second-order valence-corrected chi connectivity index (χ2v) is 12.2. The van der Waals surface area contributed by atoms with E-state index in [9.17, 15) is 105 Å². The van der Waals surface area contributed by atoms with Crippen LogP contribution in [0.4, 0.5) is 105 Å². The van der Waals surface area contributed by atoms with Crippen molar-refractivity contribution in [1.82, 2.24) is 0 Å². The number of benzene rings is 4. The van der Waals surface area contributed by atoms with Crippen molar-refractivity contribution in [1.29, 1.82) is 0 Å². The number of hydrogen-bond donors (Lipinski definition) is 0. The van der Waals surface area contributed by atoms with E-state index in [0.717, 1.165) is 0 Å². The average molecular weight is 887 g/mol.